The standard InChI is InChI=1S/C13H20N4S/c1-8-4-5-10(3)17(7-8)13-15-9(2)6-11(16-13)12(14)18/h6,8,10H,4-5,7H2,1-3H3,(H2,14,18). The van der Waals surface area contributed by atoms with E-state index in [1.54, 1.807) is 0 Å². The zero-order chi connectivity index (χ0) is 13.3. The highest BCUT2D eigenvalue weighted by Crippen LogP contribution is 2.25. The van der Waals surface area contributed by atoms with Gasteiger partial charge in [0, 0.05) is 18.3 Å². The van der Waals surface area contributed by atoms with Crippen molar-refractivity contribution in [3.63, 3.8) is 0 Å². The third-order valence-corrected chi connectivity index (χ3v) is 3.68. The lowest BCUT2D eigenvalue weighted by atomic mass is 9.95. The van der Waals surface area contributed by atoms with Crippen LogP contribution in [0, 0.1) is 12.8 Å². The van der Waals surface area contributed by atoms with Gasteiger partial charge in [0.2, 0.25) is 5.95 Å². The van der Waals surface area contributed by atoms with E-state index < -0.39 is 0 Å². The van der Waals surface area contributed by atoms with E-state index in [9.17, 15) is 0 Å². The van der Waals surface area contributed by atoms with E-state index in [2.05, 4.69) is 28.7 Å². The van der Waals surface area contributed by atoms with Gasteiger partial charge in [-0.3, -0.25) is 0 Å². The minimum atomic E-state index is 0.333. The number of rotatable bonds is 2. The first kappa shape index (κ1) is 13.2. The first-order valence-electron chi connectivity index (χ1n) is 6.39. The number of thiocarbonyl (C=S) groups is 1. The molecule has 1 aromatic heterocycles. The van der Waals surface area contributed by atoms with Gasteiger partial charge >= 0.3 is 0 Å². The topological polar surface area (TPSA) is 55.0 Å². The number of nitrogens with zero attached hydrogens (tertiary/aromatic N) is 3. The molecule has 98 valence electrons. The van der Waals surface area contributed by atoms with Crippen LogP contribution in [0.3, 0.4) is 0 Å². The average Bonchev–Trinajstić information content (AvgIpc) is 2.31. The van der Waals surface area contributed by atoms with Gasteiger partial charge in [0.05, 0.1) is 0 Å². The summed E-state index contributed by atoms with van der Waals surface area (Å²) in [6.07, 6.45) is 2.45. The van der Waals surface area contributed by atoms with Gasteiger partial charge in [-0.2, -0.15) is 0 Å². The van der Waals surface area contributed by atoms with Gasteiger partial charge in [-0.1, -0.05) is 19.1 Å². The second kappa shape index (κ2) is 5.18. The van der Waals surface area contributed by atoms with Crippen molar-refractivity contribution in [1.82, 2.24) is 9.97 Å². The molecule has 1 fully saturated rings. The van der Waals surface area contributed by atoms with E-state index in [-0.39, 0.29) is 0 Å². The van der Waals surface area contributed by atoms with E-state index >= 15 is 0 Å². The number of hydrogen-bond donors (Lipinski definition) is 1. The third-order valence-electron chi connectivity index (χ3n) is 3.47. The van der Waals surface area contributed by atoms with Crippen LogP contribution in [0.4, 0.5) is 5.95 Å². The third kappa shape index (κ3) is 2.77. The molecule has 2 heterocycles. The zero-order valence-electron chi connectivity index (χ0n) is 11.2. The molecule has 0 amide bonds. The second-order valence-corrected chi connectivity index (χ2v) is 5.68. The van der Waals surface area contributed by atoms with Crippen molar-refractivity contribution in [2.45, 2.75) is 39.7 Å². The lowest BCUT2D eigenvalue weighted by Gasteiger charge is -2.37. The molecule has 2 rings (SSSR count). The van der Waals surface area contributed by atoms with Crippen LogP contribution in [0.15, 0.2) is 6.07 Å². The van der Waals surface area contributed by atoms with Crippen molar-refractivity contribution >= 4 is 23.2 Å². The summed E-state index contributed by atoms with van der Waals surface area (Å²) in [5.74, 6) is 1.44. The summed E-state index contributed by atoms with van der Waals surface area (Å²) in [5.41, 5.74) is 7.24. The Kier molecular flexibility index (Phi) is 3.80. The average molecular weight is 264 g/mol. The molecule has 5 heteroatoms. The molecule has 2 atom stereocenters. The Morgan fingerprint density at radius 3 is 2.78 bits per heavy atom. The summed E-state index contributed by atoms with van der Waals surface area (Å²) in [7, 11) is 0. The van der Waals surface area contributed by atoms with E-state index in [1.807, 2.05) is 13.0 Å². The van der Waals surface area contributed by atoms with Crippen molar-refractivity contribution in [1.29, 1.82) is 0 Å². The highest BCUT2D eigenvalue weighted by Gasteiger charge is 2.25. The summed E-state index contributed by atoms with van der Waals surface area (Å²) >= 11 is 5.00. The first-order valence-corrected chi connectivity index (χ1v) is 6.80. The molecule has 0 aliphatic carbocycles. The van der Waals surface area contributed by atoms with Crippen molar-refractivity contribution in [3.8, 4) is 0 Å². The Hall–Kier alpha value is -1.23. The van der Waals surface area contributed by atoms with Crippen molar-refractivity contribution in [2.24, 2.45) is 11.7 Å². The smallest absolute Gasteiger partial charge is 0.226 e. The van der Waals surface area contributed by atoms with E-state index in [0.717, 1.165) is 18.2 Å². The van der Waals surface area contributed by atoms with E-state index in [1.165, 1.54) is 12.8 Å². The Balaban J connectivity index is 2.34. The molecule has 2 N–H and O–H groups in total. The van der Waals surface area contributed by atoms with Crippen LogP contribution in [0.2, 0.25) is 0 Å². The van der Waals surface area contributed by atoms with Crippen LogP contribution in [0.5, 0.6) is 0 Å². The molecule has 0 aromatic carbocycles. The minimum absolute atomic E-state index is 0.333. The van der Waals surface area contributed by atoms with Gasteiger partial charge in [-0.15, -0.1) is 0 Å². The quantitative estimate of drug-likeness (QED) is 0.829. The summed E-state index contributed by atoms with van der Waals surface area (Å²) in [4.78, 5) is 11.6. The predicted molar refractivity (Wildman–Crippen MR) is 77.9 cm³/mol. The highest BCUT2D eigenvalue weighted by molar-refractivity contribution is 7.80. The molecule has 18 heavy (non-hydrogen) atoms. The summed E-state index contributed by atoms with van der Waals surface area (Å²) < 4.78 is 0. The molecule has 4 nitrogen and oxygen atoms in total. The minimum Gasteiger partial charge on any atom is -0.388 e. The fourth-order valence-corrected chi connectivity index (χ4v) is 2.48. The van der Waals surface area contributed by atoms with Crippen molar-refractivity contribution in [3.05, 3.63) is 17.5 Å². The largest absolute Gasteiger partial charge is 0.388 e. The molecule has 0 radical (unpaired) electrons. The van der Waals surface area contributed by atoms with Gasteiger partial charge in [-0.25, -0.2) is 9.97 Å². The maximum Gasteiger partial charge on any atom is 0.226 e. The maximum absolute atomic E-state index is 5.67. The van der Waals surface area contributed by atoms with Crippen LogP contribution in [0.1, 0.15) is 38.1 Å². The second-order valence-electron chi connectivity index (χ2n) is 5.24. The Morgan fingerprint density at radius 1 is 1.39 bits per heavy atom. The first-order chi connectivity index (χ1) is 8.47. The molecular weight excluding hydrogens is 244 g/mol. The van der Waals surface area contributed by atoms with Crippen LogP contribution >= 0.6 is 12.2 Å². The fraction of sp³-hybridized carbons (Fsp3) is 0.615. The Morgan fingerprint density at radius 2 is 2.11 bits per heavy atom. The van der Waals surface area contributed by atoms with Crippen molar-refractivity contribution < 1.29 is 0 Å². The molecule has 2 unspecified atom stereocenters. The predicted octanol–water partition coefficient (Wildman–Crippen LogP) is 2.04. The number of hydrogen-bond acceptors (Lipinski definition) is 4. The Labute approximate surface area is 114 Å². The number of piperidine rings is 1. The number of aromatic nitrogens is 2. The lowest BCUT2D eigenvalue weighted by molar-refractivity contribution is 0.385. The normalized spacial score (nSPS) is 24.1. The summed E-state index contributed by atoms with van der Waals surface area (Å²) in [6.45, 7) is 7.44. The number of aryl methyl sites for hydroxylation is 1. The summed E-state index contributed by atoms with van der Waals surface area (Å²) in [5, 5.41) is 0. The monoisotopic (exact) mass is 264 g/mol. The number of nitrogens with two attached hydrogens (primary N) is 1. The van der Waals surface area contributed by atoms with Crippen LogP contribution in [0.25, 0.3) is 0 Å². The van der Waals surface area contributed by atoms with Crippen LogP contribution in [-0.2, 0) is 0 Å². The SMILES string of the molecule is Cc1cc(C(N)=S)nc(N2CC(C)CCC2C)n1. The molecule has 0 bridgehead atoms. The molecule has 1 aliphatic heterocycles. The summed E-state index contributed by atoms with van der Waals surface area (Å²) in [6, 6.07) is 2.31. The zero-order valence-corrected chi connectivity index (χ0v) is 12.0. The molecule has 1 aliphatic rings. The maximum atomic E-state index is 5.67. The number of anilines is 1. The Bertz CT molecular complexity index is 460. The molecule has 0 spiro atoms. The van der Waals surface area contributed by atoms with Gasteiger partial charge in [0.1, 0.15) is 10.7 Å². The molecule has 0 saturated carbocycles. The molecule has 1 aromatic rings. The van der Waals surface area contributed by atoms with Gasteiger partial charge in [-0.05, 0) is 38.7 Å². The van der Waals surface area contributed by atoms with Gasteiger partial charge < -0.3 is 10.6 Å². The van der Waals surface area contributed by atoms with Crippen molar-refractivity contribution in [2.75, 3.05) is 11.4 Å². The highest BCUT2D eigenvalue weighted by atomic mass is 32.1. The molecular formula is C13H20N4S. The van der Waals surface area contributed by atoms with E-state index in [4.69, 9.17) is 18.0 Å². The molecule has 1 saturated heterocycles. The van der Waals surface area contributed by atoms with E-state index in [0.29, 0.717) is 22.6 Å². The van der Waals surface area contributed by atoms with Crippen LogP contribution in [-0.4, -0.2) is 27.5 Å². The fourth-order valence-electron chi connectivity index (χ4n) is 2.37. The lowest BCUT2D eigenvalue weighted by Crippen LogP contribution is -2.42. The van der Waals surface area contributed by atoms with Gasteiger partial charge in [0.15, 0.2) is 0 Å². The van der Waals surface area contributed by atoms with Gasteiger partial charge in [0.25, 0.3) is 0 Å². The van der Waals surface area contributed by atoms with Crippen LogP contribution < -0.4 is 10.6 Å².